The number of hydrogen-bond donors (Lipinski definition) is 2. The van der Waals surface area contributed by atoms with E-state index >= 15 is 0 Å². The van der Waals surface area contributed by atoms with Gasteiger partial charge in [0, 0.05) is 31.1 Å². The number of aliphatic hydroxyl groups is 1. The van der Waals surface area contributed by atoms with Crippen LogP contribution in [-0.4, -0.2) is 27.9 Å². The van der Waals surface area contributed by atoms with Gasteiger partial charge in [-0.25, -0.2) is 4.79 Å². The molecule has 0 bridgehead atoms. The summed E-state index contributed by atoms with van der Waals surface area (Å²) in [6, 6.07) is 1.58. The van der Waals surface area contributed by atoms with Crippen molar-refractivity contribution in [2.75, 3.05) is 18.9 Å². The first-order valence-corrected chi connectivity index (χ1v) is 5.28. The molecule has 2 fully saturated rings. The number of nitrogens with zero attached hydrogens (tertiary/aromatic N) is 2. The van der Waals surface area contributed by atoms with Crippen LogP contribution < -0.4 is 11.4 Å². The smallest absolute Gasteiger partial charge is 0.351 e. The molecule has 1 aliphatic heterocycles. The number of ether oxygens (including phenoxy) is 1. The van der Waals surface area contributed by atoms with E-state index in [4.69, 9.17) is 15.6 Å². The molecule has 0 amide bonds. The maximum atomic E-state index is 11.7. The summed E-state index contributed by atoms with van der Waals surface area (Å²) in [6.45, 7) is 0.599. The molecule has 1 aromatic rings. The Balaban J connectivity index is 1.98. The molecule has 6 nitrogen and oxygen atoms in total. The Hall–Kier alpha value is -1.40. The number of nitrogens with two attached hydrogens (primary N) is 1. The van der Waals surface area contributed by atoms with Crippen molar-refractivity contribution < 1.29 is 9.84 Å². The van der Waals surface area contributed by atoms with E-state index in [0.29, 0.717) is 6.61 Å². The van der Waals surface area contributed by atoms with Crippen LogP contribution in [0.5, 0.6) is 0 Å². The fourth-order valence-corrected chi connectivity index (χ4v) is 2.56. The Morgan fingerprint density at radius 2 is 2.56 bits per heavy atom. The second kappa shape index (κ2) is 3.05. The summed E-state index contributed by atoms with van der Waals surface area (Å²) >= 11 is 0. The first-order chi connectivity index (χ1) is 7.67. The van der Waals surface area contributed by atoms with Gasteiger partial charge in [0.15, 0.2) is 5.72 Å². The predicted molar refractivity (Wildman–Crippen MR) is 55.5 cm³/mol. The number of aromatic nitrogens is 2. The van der Waals surface area contributed by atoms with Gasteiger partial charge in [0.1, 0.15) is 5.82 Å². The number of aliphatic hydroxyl groups excluding tert-OH is 1. The summed E-state index contributed by atoms with van der Waals surface area (Å²) in [5.74, 6) is 0.566. The van der Waals surface area contributed by atoms with Crippen LogP contribution in [0.2, 0.25) is 0 Å². The molecule has 1 aromatic heterocycles. The van der Waals surface area contributed by atoms with Gasteiger partial charge in [-0.1, -0.05) is 0 Å². The monoisotopic (exact) mass is 223 g/mol. The standard InChI is InChI=1S/C10H13N3O3/c11-8-1-2-13(9(15)12-8)10-3-7(10)6(4-14)5-16-10/h1-2,6-7,14H,3-5H2,(H2,11,12,15)/t6-,7+,10+/m0/s1. The maximum absolute atomic E-state index is 11.7. The van der Waals surface area contributed by atoms with Gasteiger partial charge in [-0.15, -0.1) is 0 Å². The Labute approximate surface area is 91.7 Å². The van der Waals surface area contributed by atoms with Gasteiger partial charge in [-0.3, -0.25) is 4.57 Å². The normalized spacial score (nSPS) is 36.1. The molecule has 6 heteroatoms. The van der Waals surface area contributed by atoms with Crippen molar-refractivity contribution in [2.45, 2.75) is 12.1 Å². The number of nitrogen functional groups attached to an aromatic ring is 1. The third kappa shape index (κ3) is 1.14. The third-order valence-corrected chi connectivity index (χ3v) is 3.52. The highest BCUT2D eigenvalue weighted by Crippen LogP contribution is 2.59. The molecule has 3 atom stereocenters. The predicted octanol–water partition coefficient (Wildman–Crippen LogP) is -0.863. The van der Waals surface area contributed by atoms with E-state index < -0.39 is 5.72 Å². The van der Waals surface area contributed by atoms with Crippen molar-refractivity contribution in [3.05, 3.63) is 22.7 Å². The lowest BCUT2D eigenvalue weighted by atomic mass is 10.1. The zero-order valence-corrected chi connectivity index (χ0v) is 8.67. The first-order valence-electron chi connectivity index (χ1n) is 5.28. The van der Waals surface area contributed by atoms with Crippen LogP contribution in [0.1, 0.15) is 6.42 Å². The summed E-state index contributed by atoms with van der Waals surface area (Å²) < 4.78 is 7.14. The zero-order valence-electron chi connectivity index (χ0n) is 8.67. The van der Waals surface area contributed by atoms with Crippen molar-refractivity contribution >= 4 is 5.82 Å². The number of anilines is 1. The Morgan fingerprint density at radius 1 is 1.75 bits per heavy atom. The lowest BCUT2D eigenvalue weighted by Gasteiger charge is -2.15. The van der Waals surface area contributed by atoms with Gasteiger partial charge in [-0.2, -0.15) is 4.98 Å². The molecule has 16 heavy (non-hydrogen) atoms. The fraction of sp³-hybridized carbons (Fsp3) is 0.600. The van der Waals surface area contributed by atoms with Gasteiger partial charge in [0.05, 0.1) is 6.61 Å². The summed E-state index contributed by atoms with van der Waals surface area (Å²) in [5.41, 5.74) is 4.48. The largest absolute Gasteiger partial charge is 0.396 e. The Bertz CT molecular complexity index is 486. The highest BCUT2D eigenvalue weighted by atomic mass is 16.5. The van der Waals surface area contributed by atoms with E-state index in [0.717, 1.165) is 6.42 Å². The molecule has 0 unspecified atom stereocenters. The summed E-state index contributed by atoms with van der Waals surface area (Å²) in [7, 11) is 0. The van der Waals surface area contributed by atoms with Crippen molar-refractivity contribution in [1.82, 2.24) is 9.55 Å². The van der Waals surface area contributed by atoms with Gasteiger partial charge in [0.2, 0.25) is 0 Å². The van der Waals surface area contributed by atoms with E-state index in [2.05, 4.69) is 4.98 Å². The minimum atomic E-state index is -0.564. The molecule has 1 aliphatic carbocycles. The quantitative estimate of drug-likeness (QED) is 0.680. The highest BCUT2D eigenvalue weighted by molar-refractivity contribution is 5.25. The van der Waals surface area contributed by atoms with Crippen LogP contribution in [0.25, 0.3) is 0 Å². The molecular weight excluding hydrogens is 210 g/mol. The minimum absolute atomic E-state index is 0.101. The molecule has 1 saturated carbocycles. The van der Waals surface area contributed by atoms with E-state index in [-0.39, 0.29) is 30.0 Å². The van der Waals surface area contributed by atoms with E-state index in [1.54, 1.807) is 12.3 Å². The van der Waals surface area contributed by atoms with Gasteiger partial charge < -0.3 is 15.6 Å². The summed E-state index contributed by atoms with van der Waals surface area (Å²) in [4.78, 5) is 15.4. The Kier molecular flexibility index (Phi) is 1.87. The molecule has 2 aliphatic rings. The van der Waals surface area contributed by atoms with Crippen molar-refractivity contribution in [3.8, 4) is 0 Å². The molecule has 0 spiro atoms. The number of fused-ring (bicyclic) bond motifs is 1. The van der Waals surface area contributed by atoms with Crippen molar-refractivity contribution in [1.29, 1.82) is 0 Å². The molecule has 3 N–H and O–H groups in total. The van der Waals surface area contributed by atoms with Crippen LogP contribution in [0.3, 0.4) is 0 Å². The second-order valence-electron chi connectivity index (χ2n) is 4.41. The molecule has 1 saturated heterocycles. The lowest BCUT2D eigenvalue weighted by molar-refractivity contribution is -0.00369. The first kappa shape index (κ1) is 9.80. The zero-order chi connectivity index (χ0) is 11.3. The lowest BCUT2D eigenvalue weighted by Crippen LogP contribution is -2.33. The van der Waals surface area contributed by atoms with Gasteiger partial charge in [-0.05, 0) is 6.07 Å². The number of hydrogen-bond acceptors (Lipinski definition) is 5. The van der Waals surface area contributed by atoms with Crippen LogP contribution >= 0.6 is 0 Å². The molecule has 0 radical (unpaired) electrons. The van der Waals surface area contributed by atoms with Gasteiger partial charge >= 0.3 is 5.69 Å². The molecular formula is C10H13N3O3. The molecule has 3 rings (SSSR count). The van der Waals surface area contributed by atoms with E-state index in [1.165, 1.54) is 4.57 Å². The SMILES string of the molecule is Nc1ccn([C@@]23C[C@@H]2[C@@H](CO)CO3)c(=O)n1. The molecule has 86 valence electrons. The summed E-state index contributed by atoms with van der Waals surface area (Å²) in [6.07, 6.45) is 2.38. The molecule has 0 aromatic carbocycles. The van der Waals surface area contributed by atoms with Crippen LogP contribution in [-0.2, 0) is 10.5 Å². The fourth-order valence-electron chi connectivity index (χ4n) is 2.56. The number of rotatable bonds is 2. The Morgan fingerprint density at radius 3 is 3.12 bits per heavy atom. The average molecular weight is 223 g/mol. The van der Waals surface area contributed by atoms with Crippen molar-refractivity contribution in [2.24, 2.45) is 11.8 Å². The maximum Gasteiger partial charge on any atom is 0.351 e. The van der Waals surface area contributed by atoms with Crippen LogP contribution in [0.15, 0.2) is 17.1 Å². The topological polar surface area (TPSA) is 90.4 Å². The van der Waals surface area contributed by atoms with E-state index in [9.17, 15) is 4.79 Å². The average Bonchev–Trinajstić information content (AvgIpc) is 2.86. The van der Waals surface area contributed by atoms with Gasteiger partial charge in [0.25, 0.3) is 0 Å². The van der Waals surface area contributed by atoms with E-state index in [1.807, 2.05) is 0 Å². The molecule has 2 heterocycles. The third-order valence-electron chi connectivity index (χ3n) is 3.52. The van der Waals surface area contributed by atoms with Crippen molar-refractivity contribution in [3.63, 3.8) is 0 Å². The minimum Gasteiger partial charge on any atom is -0.396 e. The van der Waals surface area contributed by atoms with Crippen LogP contribution in [0.4, 0.5) is 5.82 Å². The summed E-state index contributed by atoms with van der Waals surface area (Å²) in [5, 5.41) is 9.13. The van der Waals surface area contributed by atoms with Crippen LogP contribution in [0, 0.1) is 11.8 Å². The highest BCUT2D eigenvalue weighted by Gasteiger charge is 2.65. The second-order valence-corrected chi connectivity index (χ2v) is 4.41.